The third-order valence-corrected chi connectivity index (χ3v) is 3.07. The van der Waals surface area contributed by atoms with Crippen molar-refractivity contribution < 1.29 is 19.1 Å². The molecule has 0 aliphatic rings. The van der Waals surface area contributed by atoms with Crippen LogP contribution in [0.3, 0.4) is 0 Å². The van der Waals surface area contributed by atoms with Crippen LogP contribution in [0.1, 0.15) is 12.0 Å². The van der Waals surface area contributed by atoms with Gasteiger partial charge in [0.2, 0.25) is 5.91 Å². The second kappa shape index (κ2) is 8.47. The van der Waals surface area contributed by atoms with E-state index in [1.54, 1.807) is 30.3 Å². The van der Waals surface area contributed by atoms with Crippen LogP contribution in [0.15, 0.2) is 30.3 Å². The Bertz CT molecular complexity index is 538. The van der Waals surface area contributed by atoms with Gasteiger partial charge in [-0.05, 0) is 5.56 Å². The summed E-state index contributed by atoms with van der Waals surface area (Å²) in [7, 11) is 1.13. The number of Topliss-reactive ketones (excluding diaryl/α,β-unsaturated/α-hetero) is 1. The summed E-state index contributed by atoms with van der Waals surface area (Å²) >= 11 is 0. The van der Waals surface area contributed by atoms with E-state index in [0.29, 0.717) is 5.56 Å². The van der Waals surface area contributed by atoms with Crippen LogP contribution >= 0.6 is 12.4 Å². The summed E-state index contributed by atoms with van der Waals surface area (Å²) < 4.78 is 4.61. The Morgan fingerprint density at radius 2 is 1.77 bits per heavy atom. The fourth-order valence-corrected chi connectivity index (χ4v) is 2.00. The summed E-state index contributed by atoms with van der Waals surface area (Å²) in [5.74, 6) is -2.43. The molecular weight excluding hydrogens is 310 g/mol. The first-order chi connectivity index (χ1) is 9.81. The van der Waals surface area contributed by atoms with Gasteiger partial charge >= 0.3 is 5.97 Å². The first-order valence-electron chi connectivity index (χ1n) is 6.30. The van der Waals surface area contributed by atoms with E-state index in [2.05, 4.69) is 4.74 Å². The van der Waals surface area contributed by atoms with Crippen LogP contribution in [-0.4, -0.2) is 36.4 Å². The quantitative estimate of drug-likeness (QED) is 0.446. The van der Waals surface area contributed by atoms with Gasteiger partial charge in [-0.2, -0.15) is 0 Å². The average Bonchev–Trinajstić information content (AvgIpc) is 2.45. The lowest BCUT2D eigenvalue weighted by Gasteiger charge is -2.27. The maximum Gasteiger partial charge on any atom is 0.334 e. The molecule has 2 unspecified atom stereocenters. The van der Waals surface area contributed by atoms with E-state index in [1.165, 1.54) is 0 Å². The third kappa shape index (κ3) is 4.80. The normalized spacial score (nSPS) is 14.1. The number of methoxy groups -OCH3 is 1. The molecular formula is C14H20ClN3O4. The first kappa shape index (κ1) is 20.0. The summed E-state index contributed by atoms with van der Waals surface area (Å²) in [5.41, 5.74) is 15.3. The highest BCUT2D eigenvalue weighted by atomic mass is 35.5. The topological polar surface area (TPSA) is 138 Å². The van der Waals surface area contributed by atoms with Crippen molar-refractivity contribution in [2.75, 3.05) is 7.11 Å². The standard InChI is InChI=1S/C14H19N3O4.ClH/c1-21-13(20)14(17,8-9-5-3-2-4-6-9)12(19)10(15)7-11(16)18;/h2-6,10H,7-8,15,17H2,1H3,(H2,16,18);1H. The van der Waals surface area contributed by atoms with Gasteiger partial charge in [-0.15, -0.1) is 12.4 Å². The lowest BCUT2D eigenvalue weighted by atomic mass is 9.83. The van der Waals surface area contributed by atoms with Crippen molar-refractivity contribution in [1.29, 1.82) is 0 Å². The van der Waals surface area contributed by atoms with Gasteiger partial charge in [-0.1, -0.05) is 30.3 Å². The van der Waals surface area contributed by atoms with Gasteiger partial charge in [0.15, 0.2) is 11.3 Å². The molecule has 0 spiro atoms. The molecule has 2 atom stereocenters. The fraction of sp³-hybridized carbons (Fsp3) is 0.357. The molecule has 0 radical (unpaired) electrons. The summed E-state index contributed by atoms with van der Waals surface area (Å²) in [4.78, 5) is 35.1. The van der Waals surface area contributed by atoms with E-state index in [1.807, 2.05) is 0 Å². The van der Waals surface area contributed by atoms with Gasteiger partial charge in [0.1, 0.15) is 0 Å². The Morgan fingerprint density at radius 3 is 2.23 bits per heavy atom. The van der Waals surface area contributed by atoms with Crippen molar-refractivity contribution in [1.82, 2.24) is 0 Å². The molecule has 0 fully saturated rings. The zero-order valence-electron chi connectivity index (χ0n) is 12.2. The van der Waals surface area contributed by atoms with Gasteiger partial charge < -0.3 is 21.9 Å². The van der Waals surface area contributed by atoms with Gasteiger partial charge in [-0.3, -0.25) is 9.59 Å². The largest absolute Gasteiger partial charge is 0.467 e. The Balaban J connectivity index is 0.00000441. The van der Waals surface area contributed by atoms with Crippen LogP contribution in [0.4, 0.5) is 0 Å². The number of hydrogen-bond donors (Lipinski definition) is 3. The number of carbonyl (C=O) groups is 3. The number of primary amides is 1. The van der Waals surface area contributed by atoms with Crippen molar-refractivity contribution in [2.24, 2.45) is 17.2 Å². The van der Waals surface area contributed by atoms with Crippen molar-refractivity contribution in [3.8, 4) is 0 Å². The molecule has 0 heterocycles. The van der Waals surface area contributed by atoms with Gasteiger partial charge in [0, 0.05) is 12.8 Å². The summed E-state index contributed by atoms with van der Waals surface area (Å²) in [6.07, 6.45) is -0.463. The number of ether oxygens (including phenoxy) is 1. The second-order valence-electron chi connectivity index (χ2n) is 4.77. The van der Waals surface area contributed by atoms with E-state index in [4.69, 9.17) is 17.2 Å². The van der Waals surface area contributed by atoms with Crippen LogP contribution in [-0.2, 0) is 25.5 Å². The number of halogens is 1. The fourth-order valence-electron chi connectivity index (χ4n) is 2.00. The predicted molar refractivity (Wildman–Crippen MR) is 83.1 cm³/mol. The van der Waals surface area contributed by atoms with Gasteiger partial charge in [0.05, 0.1) is 13.2 Å². The lowest BCUT2D eigenvalue weighted by Crippen LogP contribution is -2.62. The number of esters is 1. The number of rotatable bonds is 7. The molecule has 22 heavy (non-hydrogen) atoms. The van der Waals surface area contributed by atoms with Gasteiger partial charge in [0.25, 0.3) is 0 Å². The highest BCUT2D eigenvalue weighted by Gasteiger charge is 2.45. The molecule has 122 valence electrons. The predicted octanol–water partition coefficient (Wildman–Crippen LogP) is -0.707. The molecule has 0 aliphatic heterocycles. The van der Waals surface area contributed by atoms with Crippen molar-refractivity contribution >= 4 is 30.1 Å². The molecule has 0 saturated carbocycles. The molecule has 1 amide bonds. The minimum atomic E-state index is -1.95. The highest BCUT2D eigenvalue weighted by molar-refractivity contribution is 6.11. The molecule has 8 heteroatoms. The second-order valence-corrected chi connectivity index (χ2v) is 4.77. The monoisotopic (exact) mass is 329 g/mol. The zero-order chi connectivity index (χ0) is 16.0. The van der Waals surface area contributed by atoms with Crippen molar-refractivity contribution in [2.45, 2.75) is 24.4 Å². The Morgan fingerprint density at radius 1 is 1.23 bits per heavy atom. The molecule has 6 N–H and O–H groups in total. The van der Waals surface area contributed by atoms with E-state index in [0.717, 1.165) is 7.11 Å². The SMILES string of the molecule is COC(=O)C(N)(Cc1ccccc1)C(=O)C(N)CC(N)=O.Cl. The number of nitrogens with two attached hydrogens (primary N) is 3. The van der Waals surface area contributed by atoms with Gasteiger partial charge in [-0.25, -0.2) is 4.79 Å². The van der Waals surface area contributed by atoms with Crippen LogP contribution in [0, 0.1) is 0 Å². The Kier molecular flexibility index (Phi) is 7.72. The van der Waals surface area contributed by atoms with E-state index in [-0.39, 0.29) is 25.2 Å². The first-order valence-corrected chi connectivity index (χ1v) is 6.30. The van der Waals surface area contributed by atoms with Crippen LogP contribution < -0.4 is 17.2 Å². The van der Waals surface area contributed by atoms with Crippen molar-refractivity contribution in [3.63, 3.8) is 0 Å². The molecule has 1 rings (SSSR count). The minimum Gasteiger partial charge on any atom is -0.467 e. The number of hydrogen-bond acceptors (Lipinski definition) is 6. The maximum absolute atomic E-state index is 12.3. The number of benzene rings is 1. The molecule has 7 nitrogen and oxygen atoms in total. The highest BCUT2D eigenvalue weighted by Crippen LogP contribution is 2.16. The number of carbonyl (C=O) groups excluding carboxylic acids is 3. The Labute approximate surface area is 134 Å². The molecule has 1 aromatic rings. The van der Waals surface area contributed by atoms with Crippen LogP contribution in [0.5, 0.6) is 0 Å². The van der Waals surface area contributed by atoms with Crippen LogP contribution in [0.25, 0.3) is 0 Å². The third-order valence-electron chi connectivity index (χ3n) is 3.07. The van der Waals surface area contributed by atoms with Crippen molar-refractivity contribution in [3.05, 3.63) is 35.9 Å². The smallest absolute Gasteiger partial charge is 0.334 e. The maximum atomic E-state index is 12.3. The Hall–Kier alpha value is -1.96. The van der Waals surface area contributed by atoms with E-state index < -0.39 is 29.2 Å². The zero-order valence-corrected chi connectivity index (χ0v) is 13.0. The lowest BCUT2D eigenvalue weighted by molar-refractivity contribution is -0.152. The van der Waals surface area contributed by atoms with E-state index in [9.17, 15) is 14.4 Å². The summed E-state index contributed by atoms with van der Waals surface area (Å²) in [6, 6.07) is 7.48. The number of amides is 1. The molecule has 0 aliphatic carbocycles. The average molecular weight is 330 g/mol. The summed E-state index contributed by atoms with van der Waals surface area (Å²) in [6.45, 7) is 0. The molecule has 0 bridgehead atoms. The molecule has 0 saturated heterocycles. The van der Waals surface area contributed by atoms with E-state index >= 15 is 0 Å². The summed E-state index contributed by atoms with van der Waals surface area (Å²) in [5, 5.41) is 0. The van der Waals surface area contributed by atoms with Crippen LogP contribution in [0.2, 0.25) is 0 Å². The molecule has 1 aromatic carbocycles. The number of ketones is 1. The minimum absolute atomic E-state index is 0. The molecule has 0 aromatic heterocycles.